The van der Waals surface area contributed by atoms with Gasteiger partial charge in [-0.25, -0.2) is 9.97 Å². The van der Waals surface area contributed by atoms with E-state index in [0.29, 0.717) is 10.9 Å². The Bertz CT molecular complexity index is 1420. The van der Waals surface area contributed by atoms with Crippen LogP contribution in [0.1, 0.15) is 22.8 Å². The van der Waals surface area contributed by atoms with E-state index in [1.54, 1.807) is 6.20 Å². The Balaban J connectivity index is 1.50. The van der Waals surface area contributed by atoms with Crippen molar-refractivity contribution in [2.24, 2.45) is 0 Å². The minimum absolute atomic E-state index is 0.359. The molecule has 0 aliphatic carbocycles. The number of pyridine rings is 3. The van der Waals surface area contributed by atoms with Gasteiger partial charge in [0.2, 0.25) is 0 Å². The Labute approximate surface area is 176 Å². The van der Waals surface area contributed by atoms with Gasteiger partial charge in [-0.05, 0) is 36.4 Å². The summed E-state index contributed by atoms with van der Waals surface area (Å²) < 4.78 is 0. The van der Waals surface area contributed by atoms with Gasteiger partial charge in [0, 0.05) is 46.7 Å². The van der Waals surface area contributed by atoms with Crippen molar-refractivity contribution in [3.05, 3.63) is 65.7 Å². The van der Waals surface area contributed by atoms with Crippen LogP contribution >= 0.6 is 11.8 Å². The number of hydrogen-bond donors (Lipinski definition) is 2. The number of nitrogens with one attached hydrogen (secondary N) is 2. The van der Waals surface area contributed by atoms with E-state index < -0.39 is 0 Å². The average Bonchev–Trinajstić information content (AvgIpc) is 3.51. The minimum atomic E-state index is 0.359. The molecule has 0 bridgehead atoms. The maximum Gasteiger partial charge on any atom is 0.181 e. The van der Waals surface area contributed by atoms with Gasteiger partial charge in [-0.3, -0.25) is 15.1 Å². The summed E-state index contributed by atoms with van der Waals surface area (Å²) in [6.45, 7) is 2.07. The normalized spacial score (nSPS) is 16.1. The van der Waals surface area contributed by atoms with Crippen molar-refractivity contribution in [1.29, 1.82) is 0 Å². The number of allylic oxidation sites excluding steroid dienone is 1. The Morgan fingerprint density at radius 3 is 2.97 bits per heavy atom. The first-order chi connectivity index (χ1) is 14.8. The molecule has 146 valence electrons. The number of thioether (sulfide) groups is 1. The Kier molecular flexibility index (Phi) is 3.92. The number of hydrogen-bond acceptors (Lipinski definition) is 6. The number of aryl methyl sites for hydroxylation is 1. The summed E-state index contributed by atoms with van der Waals surface area (Å²) in [5.74, 6) is 0.736. The standard InChI is InChI=1S/C22H17N7S/c1-12-4-5-23-9-15(12)13-7-14-20(28-29-21(14)25-8-13)22-26-17-11-24-10-16(19(17)27-22)18-3-2-6-30-18/h2,4-11,18H,3H2,1H3,(H,26,27)(H,25,28,29). The molecule has 0 aromatic carbocycles. The molecule has 1 aliphatic heterocycles. The molecule has 1 unspecified atom stereocenters. The summed E-state index contributed by atoms with van der Waals surface area (Å²) in [4.78, 5) is 21.6. The zero-order valence-corrected chi connectivity index (χ0v) is 16.9. The summed E-state index contributed by atoms with van der Waals surface area (Å²) in [6, 6.07) is 4.09. The van der Waals surface area contributed by atoms with Gasteiger partial charge in [-0.1, -0.05) is 6.08 Å². The van der Waals surface area contributed by atoms with Gasteiger partial charge in [-0.15, -0.1) is 11.8 Å². The van der Waals surface area contributed by atoms with Crippen molar-refractivity contribution in [3.8, 4) is 22.6 Å². The lowest BCUT2D eigenvalue weighted by molar-refractivity contribution is 0.986. The van der Waals surface area contributed by atoms with E-state index >= 15 is 0 Å². The van der Waals surface area contributed by atoms with Crippen LogP contribution in [0.15, 0.2) is 54.6 Å². The fraction of sp³-hybridized carbons (Fsp3) is 0.136. The van der Waals surface area contributed by atoms with E-state index in [0.717, 1.165) is 56.6 Å². The van der Waals surface area contributed by atoms with Gasteiger partial charge < -0.3 is 4.98 Å². The lowest BCUT2D eigenvalue weighted by atomic mass is 10.0. The highest BCUT2D eigenvalue weighted by Gasteiger charge is 2.21. The molecule has 8 heteroatoms. The lowest BCUT2D eigenvalue weighted by Gasteiger charge is -2.08. The van der Waals surface area contributed by atoms with Gasteiger partial charge in [-0.2, -0.15) is 5.10 Å². The molecule has 2 N–H and O–H groups in total. The second-order valence-electron chi connectivity index (χ2n) is 7.33. The molecule has 0 saturated heterocycles. The predicted octanol–water partition coefficient (Wildman–Crippen LogP) is 4.96. The van der Waals surface area contributed by atoms with E-state index in [9.17, 15) is 0 Å². The smallest absolute Gasteiger partial charge is 0.181 e. The average molecular weight is 411 g/mol. The summed E-state index contributed by atoms with van der Waals surface area (Å²) >= 11 is 1.81. The molecule has 0 fully saturated rings. The van der Waals surface area contributed by atoms with E-state index in [2.05, 4.69) is 54.6 Å². The second kappa shape index (κ2) is 6.77. The Morgan fingerprint density at radius 2 is 2.10 bits per heavy atom. The summed E-state index contributed by atoms with van der Waals surface area (Å²) in [7, 11) is 0. The fourth-order valence-electron chi connectivity index (χ4n) is 3.89. The highest BCUT2D eigenvalue weighted by molar-refractivity contribution is 8.02. The largest absolute Gasteiger partial charge is 0.335 e. The van der Waals surface area contributed by atoms with Crippen molar-refractivity contribution in [2.75, 3.05) is 0 Å². The first kappa shape index (κ1) is 17.3. The van der Waals surface area contributed by atoms with Crippen LogP contribution in [-0.4, -0.2) is 35.1 Å². The van der Waals surface area contributed by atoms with Gasteiger partial charge in [0.05, 0.1) is 22.6 Å². The van der Waals surface area contributed by atoms with Crippen LogP contribution in [-0.2, 0) is 0 Å². The van der Waals surface area contributed by atoms with Gasteiger partial charge in [0.25, 0.3) is 0 Å². The molecule has 7 nitrogen and oxygen atoms in total. The molecule has 5 aromatic heterocycles. The lowest BCUT2D eigenvalue weighted by Crippen LogP contribution is -1.92. The van der Waals surface area contributed by atoms with Crippen LogP contribution in [0.3, 0.4) is 0 Å². The zero-order chi connectivity index (χ0) is 20.1. The van der Waals surface area contributed by atoms with Crippen molar-refractivity contribution in [2.45, 2.75) is 18.6 Å². The maximum atomic E-state index is 4.92. The number of imidazole rings is 1. The molecule has 1 atom stereocenters. The SMILES string of the molecule is Cc1ccncc1-c1cnc2n[nH]c(-c3nc4c(C5CC=CS5)cncc4[nH]3)c2c1. The van der Waals surface area contributed by atoms with Gasteiger partial charge in [0.15, 0.2) is 11.5 Å². The summed E-state index contributed by atoms with van der Waals surface area (Å²) in [6.07, 6.45) is 12.4. The highest BCUT2D eigenvalue weighted by Crippen LogP contribution is 2.41. The van der Waals surface area contributed by atoms with Crippen LogP contribution in [0.25, 0.3) is 44.7 Å². The number of aromatic amines is 2. The Morgan fingerprint density at radius 1 is 1.13 bits per heavy atom. The third-order valence-electron chi connectivity index (χ3n) is 5.46. The molecular formula is C22H17N7S. The predicted molar refractivity (Wildman–Crippen MR) is 119 cm³/mol. The van der Waals surface area contributed by atoms with E-state index in [1.165, 1.54) is 0 Å². The molecule has 6 heterocycles. The Hall–Kier alpha value is -3.52. The van der Waals surface area contributed by atoms with Crippen molar-refractivity contribution >= 4 is 33.8 Å². The third-order valence-corrected chi connectivity index (χ3v) is 6.58. The van der Waals surface area contributed by atoms with Gasteiger partial charge in [0.1, 0.15) is 5.69 Å². The van der Waals surface area contributed by atoms with E-state index in [4.69, 9.17) is 4.98 Å². The van der Waals surface area contributed by atoms with Gasteiger partial charge >= 0.3 is 0 Å². The second-order valence-corrected chi connectivity index (χ2v) is 8.44. The van der Waals surface area contributed by atoms with Crippen LogP contribution in [0, 0.1) is 6.92 Å². The number of fused-ring (bicyclic) bond motifs is 2. The highest BCUT2D eigenvalue weighted by atomic mass is 32.2. The first-order valence-electron chi connectivity index (χ1n) is 9.67. The van der Waals surface area contributed by atoms with Crippen LogP contribution in [0.4, 0.5) is 0 Å². The van der Waals surface area contributed by atoms with Crippen LogP contribution in [0.2, 0.25) is 0 Å². The van der Waals surface area contributed by atoms with Crippen molar-refractivity contribution < 1.29 is 0 Å². The molecule has 0 spiro atoms. The van der Waals surface area contributed by atoms with E-state index in [-0.39, 0.29) is 0 Å². The monoisotopic (exact) mass is 411 g/mol. The zero-order valence-electron chi connectivity index (χ0n) is 16.1. The maximum absolute atomic E-state index is 4.92. The number of rotatable bonds is 3. The number of H-pyrrole nitrogens is 2. The topological polar surface area (TPSA) is 96.0 Å². The van der Waals surface area contributed by atoms with Crippen LogP contribution < -0.4 is 0 Å². The molecule has 0 radical (unpaired) electrons. The first-order valence-corrected chi connectivity index (χ1v) is 10.6. The quantitative estimate of drug-likeness (QED) is 0.436. The molecule has 30 heavy (non-hydrogen) atoms. The summed E-state index contributed by atoms with van der Waals surface area (Å²) in [5, 5.41) is 10.9. The van der Waals surface area contributed by atoms with Crippen LogP contribution in [0.5, 0.6) is 0 Å². The molecule has 0 saturated carbocycles. The third kappa shape index (κ3) is 2.72. The van der Waals surface area contributed by atoms with Crippen molar-refractivity contribution in [1.82, 2.24) is 35.1 Å². The fourth-order valence-corrected chi connectivity index (χ4v) is 4.84. The molecular weight excluding hydrogens is 394 g/mol. The summed E-state index contributed by atoms with van der Waals surface area (Å²) in [5.41, 5.74) is 7.71. The molecule has 1 aliphatic rings. The minimum Gasteiger partial charge on any atom is -0.335 e. The number of aromatic nitrogens is 7. The molecule has 0 amide bonds. The molecule has 6 rings (SSSR count). The van der Waals surface area contributed by atoms with Crippen molar-refractivity contribution in [3.63, 3.8) is 0 Å². The van der Waals surface area contributed by atoms with E-state index in [1.807, 2.05) is 42.6 Å². The molecule has 5 aromatic rings. The number of nitrogens with zero attached hydrogens (tertiary/aromatic N) is 5.